The summed E-state index contributed by atoms with van der Waals surface area (Å²) in [6, 6.07) is 13.0. The normalized spacial score (nSPS) is 12.3. The summed E-state index contributed by atoms with van der Waals surface area (Å²) in [7, 11) is 0. The minimum atomic E-state index is -0.558. The zero-order chi connectivity index (χ0) is 12.8. The van der Waals surface area contributed by atoms with E-state index in [4.69, 9.17) is 0 Å². The number of hydrogen-bond donors (Lipinski definition) is 1. The number of aryl methyl sites for hydroxylation is 1. The van der Waals surface area contributed by atoms with Gasteiger partial charge in [0.15, 0.2) is 0 Å². The highest BCUT2D eigenvalue weighted by Gasteiger charge is 2.07. The molecule has 0 aliphatic rings. The van der Waals surface area contributed by atoms with Gasteiger partial charge in [-0.1, -0.05) is 30.3 Å². The van der Waals surface area contributed by atoms with Gasteiger partial charge in [-0.25, -0.2) is 4.68 Å². The SMILES string of the molecule is O=c1cccnn1C[C@H](O)CCc1ccccc1. The van der Waals surface area contributed by atoms with Gasteiger partial charge in [0, 0.05) is 12.3 Å². The summed E-state index contributed by atoms with van der Waals surface area (Å²) in [6.07, 6.45) is 2.40. The molecule has 0 unspecified atom stereocenters. The maximum Gasteiger partial charge on any atom is 0.266 e. The van der Waals surface area contributed by atoms with E-state index >= 15 is 0 Å². The summed E-state index contributed by atoms with van der Waals surface area (Å²) in [5.41, 5.74) is 1.00. The van der Waals surface area contributed by atoms with Crippen LogP contribution in [0.15, 0.2) is 53.5 Å². The van der Waals surface area contributed by atoms with E-state index in [2.05, 4.69) is 5.10 Å². The average Bonchev–Trinajstić information content (AvgIpc) is 2.40. The van der Waals surface area contributed by atoms with Crippen molar-refractivity contribution >= 4 is 0 Å². The number of benzene rings is 1. The molecule has 18 heavy (non-hydrogen) atoms. The van der Waals surface area contributed by atoms with E-state index in [1.807, 2.05) is 30.3 Å². The van der Waals surface area contributed by atoms with Crippen LogP contribution in [-0.2, 0) is 13.0 Å². The van der Waals surface area contributed by atoms with Crippen molar-refractivity contribution in [2.24, 2.45) is 0 Å². The molecule has 1 N–H and O–H groups in total. The molecule has 0 saturated heterocycles. The molecule has 2 rings (SSSR count). The molecule has 1 heterocycles. The lowest BCUT2D eigenvalue weighted by atomic mass is 10.1. The monoisotopic (exact) mass is 244 g/mol. The molecule has 2 aromatic rings. The van der Waals surface area contributed by atoms with Crippen LogP contribution in [0.25, 0.3) is 0 Å². The third-order valence-corrected chi connectivity index (χ3v) is 2.78. The second kappa shape index (κ2) is 6.12. The quantitative estimate of drug-likeness (QED) is 0.861. The summed E-state index contributed by atoms with van der Waals surface area (Å²) in [5, 5.41) is 13.8. The minimum Gasteiger partial charge on any atom is -0.391 e. The molecule has 0 saturated carbocycles. The zero-order valence-corrected chi connectivity index (χ0v) is 10.1. The molecule has 0 aliphatic carbocycles. The summed E-state index contributed by atoms with van der Waals surface area (Å²) < 4.78 is 1.29. The molecule has 94 valence electrons. The number of nitrogens with zero attached hydrogens (tertiary/aromatic N) is 2. The van der Waals surface area contributed by atoms with E-state index in [1.165, 1.54) is 16.3 Å². The van der Waals surface area contributed by atoms with Crippen LogP contribution >= 0.6 is 0 Å². The summed E-state index contributed by atoms with van der Waals surface area (Å²) in [4.78, 5) is 11.4. The molecule has 0 bridgehead atoms. The van der Waals surface area contributed by atoms with Gasteiger partial charge in [-0.3, -0.25) is 4.79 Å². The van der Waals surface area contributed by atoms with Gasteiger partial charge in [-0.15, -0.1) is 0 Å². The molecular formula is C14H16N2O2. The first-order valence-corrected chi connectivity index (χ1v) is 6.00. The summed E-state index contributed by atoms with van der Waals surface area (Å²) in [5.74, 6) is 0. The summed E-state index contributed by atoms with van der Waals surface area (Å²) in [6.45, 7) is 0.243. The lowest BCUT2D eigenvalue weighted by molar-refractivity contribution is 0.138. The molecule has 0 aliphatic heterocycles. The molecule has 1 atom stereocenters. The Balaban J connectivity index is 1.88. The number of rotatable bonds is 5. The topological polar surface area (TPSA) is 55.1 Å². The van der Waals surface area contributed by atoms with Crippen LogP contribution in [0.1, 0.15) is 12.0 Å². The molecule has 0 fully saturated rings. The number of aromatic nitrogens is 2. The highest BCUT2D eigenvalue weighted by Crippen LogP contribution is 2.05. The third kappa shape index (κ3) is 3.53. The third-order valence-electron chi connectivity index (χ3n) is 2.78. The first-order valence-electron chi connectivity index (χ1n) is 6.00. The first kappa shape index (κ1) is 12.5. The Morgan fingerprint density at radius 3 is 2.67 bits per heavy atom. The van der Waals surface area contributed by atoms with Gasteiger partial charge in [0.1, 0.15) is 0 Å². The van der Waals surface area contributed by atoms with Crippen molar-refractivity contribution in [3.8, 4) is 0 Å². The fraction of sp³-hybridized carbons (Fsp3) is 0.286. The number of aliphatic hydroxyl groups is 1. The fourth-order valence-corrected chi connectivity index (χ4v) is 1.79. The first-order chi connectivity index (χ1) is 8.75. The smallest absolute Gasteiger partial charge is 0.266 e. The van der Waals surface area contributed by atoms with Gasteiger partial charge in [-0.05, 0) is 24.5 Å². The molecule has 0 radical (unpaired) electrons. The average molecular weight is 244 g/mol. The molecule has 1 aromatic carbocycles. The van der Waals surface area contributed by atoms with Crippen LogP contribution in [0.2, 0.25) is 0 Å². The maximum atomic E-state index is 11.4. The van der Waals surface area contributed by atoms with E-state index in [0.29, 0.717) is 6.42 Å². The van der Waals surface area contributed by atoms with Crippen LogP contribution in [0.3, 0.4) is 0 Å². The largest absolute Gasteiger partial charge is 0.391 e. The van der Waals surface area contributed by atoms with E-state index in [9.17, 15) is 9.90 Å². The van der Waals surface area contributed by atoms with Crippen molar-refractivity contribution in [2.75, 3.05) is 0 Å². The van der Waals surface area contributed by atoms with E-state index in [0.717, 1.165) is 6.42 Å². The Morgan fingerprint density at radius 2 is 1.94 bits per heavy atom. The zero-order valence-electron chi connectivity index (χ0n) is 10.1. The molecule has 0 spiro atoms. The number of aliphatic hydroxyl groups excluding tert-OH is 1. The Morgan fingerprint density at radius 1 is 1.17 bits per heavy atom. The minimum absolute atomic E-state index is 0.184. The van der Waals surface area contributed by atoms with Crippen LogP contribution in [0, 0.1) is 0 Å². The van der Waals surface area contributed by atoms with Crippen LogP contribution in [-0.4, -0.2) is 21.0 Å². The van der Waals surface area contributed by atoms with Crippen molar-refractivity contribution in [3.63, 3.8) is 0 Å². The highest BCUT2D eigenvalue weighted by atomic mass is 16.3. The van der Waals surface area contributed by atoms with E-state index in [1.54, 1.807) is 12.3 Å². The van der Waals surface area contributed by atoms with Crippen molar-refractivity contribution in [2.45, 2.75) is 25.5 Å². The van der Waals surface area contributed by atoms with Crippen molar-refractivity contribution in [1.29, 1.82) is 0 Å². The van der Waals surface area contributed by atoms with Crippen molar-refractivity contribution in [3.05, 3.63) is 64.6 Å². The van der Waals surface area contributed by atoms with Gasteiger partial charge >= 0.3 is 0 Å². The Kier molecular flexibility index (Phi) is 4.25. The predicted octanol–water partition coefficient (Wildman–Crippen LogP) is 1.24. The molecule has 0 amide bonds. The van der Waals surface area contributed by atoms with Gasteiger partial charge < -0.3 is 5.11 Å². The van der Waals surface area contributed by atoms with Crippen molar-refractivity contribution < 1.29 is 5.11 Å². The Bertz CT molecular complexity index is 537. The van der Waals surface area contributed by atoms with Gasteiger partial charge in [0.2, 0.25) is 0 Å². The van der Waals surface area contributed by atoms with Crippen molar-refractivity contribution in [1.82, 2.24) is 9.78 Å². The Labute approximate surface area is 106 Å². The highest BCUT2D eigenvalue weighted by molar-refractivity contribution is 5.14. The van der Waals surface area contributed by atoms with Gasteiger partial charge in [0.05, 0.1) is 12.6 Å². The van der Waals surface area contributed by atoms with Crippen LogP contribution in [0.4, 0.5) is 0 Å². The van der Waals surface area contributed by atoms with Crippen LogP contribution in [0.5, 0.6) is 0 Å². The van der Waals surface area contributed by atoms with Crippen LogP contribution < -0.4 is 5.56 Å². The molecule has 4 heteroatoms. The van der Waals surface area contributed by atoms with Gasteiger partial charge in [-0.2, -0.15) is 5.10 Å². The fourth-order valence-electron chi connectivity index (χ4n) is 1.79. The van der Waals surface area contributed by atoms with Gasteiger partial charge in [0.25, 0.3) is 5.56 Å². The molecule has 4 nitrogen and oxygen atoms in total. The molecule has 1 aromatic heterocycles. The second-order valence-electron chi connectivity index (χ2n) is 4.22. The standard InChI is InChI=1S/C14H16N2O2/c17-13(9-8-12-5-2-1-3-6-12)11-16-14(18)7-4-10-15-16/h1-7,10,13,17H,8-9,11H2/t13-/m1/s1. The predicted molar refractivity (Wildman–Crippen MR) is 69.3 cm³/mol. The lowest BCUT2D eigenvalue weighted by Crippen LogP contribution is -2.28. The Hall–Kier alpha value is -1.94. The maximum absolute atomic E-state index is 11.4. The number of hydrogen-bond acceptors (Lipinski definition) is 3. The van der Waals surface area contributed by atoms with E-state index < -0.39 is 6.10 Å². The van der Waals surface area contributed by atoms with E-state index in [-0.39, 0.29) is 12.1 Å². The lowest BCUT2D eigenvalue weighted by Gasteiger charge is -2.11. The second-order valence-corrected chi connectivity index (χ2v) is 4.22. The molecular weight excluding hydrogens is 228 g/mol. The summed E-state index contributed by atoms with van der Waals surface area (Å²) >= 11 is 0.